The maximum atomic E-state index is 5.16. The van der Waals surface area contributed by atoms with Gasteiger partial charge in [-0.25, -0.2) is 4.98 Å². The van der Waals surface area contributed by atoms with Gasteiger partial charge < -0.3 is 9.72 Å². The summed E-state index contributed by atoms with van der Waals surface area (Å²) in [5.41, 5.74) is 2.05. The molecule has 1 N–H and O–H groups in total. The van der Waals surface area contributed by atoms with Crippen LogP contribution >= 0.6 is 11.3 Å². The first-order valence-corrected chi connectivity index (χ1v) is 5.82. The molecule has 3 nitrogen and oxygen atoms in total. The zero-order valence-corrected chi connectivity index (χ0v) is 9.54. The normalized spacial score (nSPS) is 10.8. The zero-order valence-electron chi connectivity index (χ0n) is 8.73. The molecule has 0 aliphatic carbocycles. The third-order valence-electron chi connectivity index (χ3n) is 2.43. The molecule has 3 aromatic rings. The maximum Gasteiger partial charge on any atom is 0.148 e. The van der Waals surface area contributed by atoms with Crippen LogP contribution in [0.15, 0.2) is 35.7 Å². The largest absolute Gasteiger partial charge is 0.496 e. The number of nitrogens with zero attached hydrogens (tertiary/aromatic N) is 1. The Hall–Kier alpha value is -1.81. The van der Waals surface area contributed by atoms with Gasteiger partial charge in [0.15, 0.2) is 0 Å². The molecule has 2 aromatic heterocycles. The van der Waals surface area contributed by atoms with E-state index >= 15 is 0 Å². The second-order valence-electron chi connectivity index (χ2n) is 3.45. The Kier molecular flexibility index (Phi) is 2.15. The summed E-state index contributed by atoms with van der Waals surface area (Å²) in [6.45, 7) is 0. The first-order chi connectivity index (χ1) is 7.86. The molecule has 1 aromatic carbocycles. The van der Waals surface area contributed by atoms with Crippen molar-refractivity contribution >= 4 is 22.4 Å². The second kappa shape index (κ2) is 3.64. The highest BCUT2D eigenvalue weighted by Gasteiger charge is 2.07. The summed E-state index contributed by atoms with van der Waals surface area (Å²) < 4.78 is 5.16. The number of methoxy groups -OCH3 is 1. The first-order valence-electron chi connectivity index (χ1n) is 4.94. The van der Waals surface area contributed by atoms with Crippen LogP contribution in [-0.4, -0.2) is 17.1 Å². The quantitative estimate of drug-likeness (QED) is 0.733. The number of para-hydroxylation sites is 2. The molecule has 0 aliphatic rings. The molecule has 16 heavy (non-hydrogen) atoms. The summed E-state index contributed by atoms with van der Waals surface area (Å²) in [6.07, 6.45) is 0. The predicted octanol–water partition coefficient (Wildman–Crippen LogP) is 3.30. The molecule has 0 saturated carbocycles. The summed E-state index contributed by atoms with van der Waals surface area (Å²) in [5, 5.41) is 1.97. The molecule has 0 radical (unpaired) electrons. The molecule has 0 spiro atoms. The Morgan fingerprint density at radius 2 is 2.19 bits per heavy atom. The van der Waals surface area contributed by atoms with Gasteiger partial charge in [0.1, 0.15) is 11.6 Å². The van der Waals surface area contributed by atoms with Crippen LogP contribution in [0.1, 0.15) is 0 Å². The van der Waals surface area contributed by atoms with E-state index in [-0.39, 0.29) is 0 Å². The molecule has 2 heterocycles. The smallest absolute Gasteiger partial charge is 0.148 e. The highest BCUT2D eigenvalue weighted by molar-refractivity contribution is 7.13. The number of nitrogens with one attached hydrogen (secondary N) is 1. The molecule has 0 bridgehead atoms. The number of rotatable bonds is 2. The molecule has 4 heteroatoms. The van der Waals surface area contributed by atoms with Crippen LogP contribution in [0.4, 0.5) is 0 Å². The molecule has 0 unspecified atom stereocenters. The fraction of sp³-hybridized carbons (Fsp3) is 0.0833. The Balaban J connectivity index is 2.11. The van der Waals surface area contributed by atoms with E-state index in [0.29, 0.717) is 0 Å². The lowest BCUT2D eigenvalue weighted by Crippen LogP contribution is -1.77. The van der Waals surface area contributed by atoms with Gasteiger partial charge in [0.25, 0.3) is 0 Å². The first kappa shape index (κ1) is 9.42. The monoisotopic (exact) mass is 230 g/mol. The average molecular weight is 230 g/mol. The van der Waals surface area contributed by atoms with Gasteiger partial charge in [-0.05, 0) is 12.1 Å². The number of aromatic nitrogens is 2. The summed E-state index contributed by atoms with van der Waals surface area (Å²) >= 11 is 1.62. The zero-order chi connectivity index (χ0) is 11.0. The second-order valence-corrected chi connectivity index (χ2v) is 4.36. The Labute approximate surface area is 96.7 Å². The minimum Gasteiger partial charge on any atom is -0.496 e. The molecular formula is C12H10N2OS. The van der Waals surface area contributed by atoms with Gasteiger partial charge in [0, 0.05) is 11.4 Å². The fourth-order valence-corrected chi connectivity index (χ4v) is 2.42. The summed E-state index contributed by atoms with van der Waals surface area (Å²) in [6, 6.07) is 10.0. The fourth-order valence-electron chi connectivity index (χ4n) is 1.62. The number of hydrogen-bond donors (Lipinski definition) is 1. The van der Waals surface area contributed by atoms with Crippen molar-refractivity contribution in [1.82, 2.24) is 9.97 Å². The standard InChI is InChI=1S/C12H10N2OS/c1-15-8-6-11(16-7-8)12-13-9-4-2-3-5-10(9)14-12/h2-7H,1H3,(H,13,14). The van der Waals surface area contributed by atoms with E-state index < -0.39 is 0 Å². The number of benzene rings is 1. The molecule has 0 saturated heterocycles. The van der Waals surface area contributed by atoms with Gasteiger partial charge in [-0.15, -0.1) is 11.3 Å². The third kappa shape index (κ3) is 1.47. The predicted molar refractivity (Wildman–Crippen MR) is 66.0 cm³/mol. The molecule has 0 amide bonds. The number of imidazole rings is 1. The van der Waals surface area contributed by atoms with Crippen LogP contribution in [0.5, 0.6) is 5.75 Å². The molecule has 0 atom stereocenters. The Morgan fingerprint density at radius 1 is 1.31 bits per heavy atom. The van der Waals surface area contributed by atoms with Crippen molar-refractivity contribution in [2.45, 2.75) is 0 Å². The average Bonchev–Trinajstić information content (AvgIpc) is 2.95. The van der Waals surface area contributed by atoms with Crippen LogP contribution < -0.4 is 4.74 Å². The van der Waals surface area contributed by atoms with Crippen molar-refractivity contribution in [1.29, 1.82) is 0 Å². The minimum absolute atomic E-state index is 0.875. The number of fused-ring (bicyclic) bond motifs is 1. The minimum atomic E-state index is 0.875. The number of H-pyrrole nitrogens is 1. The Morgan fingerprint density at radius 3 is 2.94 bits per heavy atom. The van der Waals surface area contributed by atoms with Crippen LogP contribution in [-0.2, 0) is 0 Å². The summed E-state index contributed by atoms with van der Waals surface area (Å²) in [4.78, 5) is 8.91. The summed E-state index contributed by atoms with van der Waals surface area (Å²) in [5.74, 6) is 1.77. The lowest BCUT2D eigenvalue weighted by molar-refractivity contribution is 0.417. The van der Waals surface area contributed by atoms with E-state index in [2.05, 4.69) is 9.97 Å². The van der Waals surface area contributed by atoms with E-state index in [1.165, 1.54) is 0 Å². The van der Waals surface area contributed by atoms with Crippen LogP contribution in [0.3, 0.4) is 0 Å². The lowest BCUT2D eigenvalue weighted by Gasteiger charge is -1.89. The summed E-state index contributed by atoms with van der Waals surface area (Å²) in [7, 11) is 1.67. The molecule has 0 fully saturated rings. The van der Waals surface area contributed by atoms with Gasteiger partial charge in [0.05, 0.1) is 23.0 Å². The number of ether oxygens (including phenoxy) is 1. The van der Waals surface area contributed by atoms with Crippen LogP contribution in [0.2, 0.25) is 0 Å². The van der Waals surface area contributed by atoms with Crippen molar-refractivity contribution in [3.8, 4) is 16.5 Å². The lowest BCUT2D eigenvalue weighted by atomic mass is 10.3. The molecule has 80 valence electrons. The van der Waals surface area contributed by atoms with Gasteiger partial charge in [-0.3, -0.25) is 0 Å². The molecular weight excluding hydrogens is 220 g/mol. The third-order valence-corrected chi connectivity index (χ3v) is 3.35. The van der Waals surface area contributed by atoms with Crippen molar-refractivity contribution < 1.29 is 4.74 Å². The topological polar surface area (TPSA) is 37.9 Å². The maximum absolute atomic E-state index is 5.16. The van der Waals surface area contributed by atoms with Crippen molar-refractivity contribution in [2.75, 3.05) is 7.11 Å². The van der Waals surface area contributed by atoms with E-state index in [4.69, 9.17) is 4.74 Å². The van der Waals surface area contributed by atoms with Crippen molar-refractivity contribution in [2.24, 2.45) is 0 Å². The SMILES string of the molecule is COc1csc(-c2nc3ccccc3[nH]2)c1. The van der Waals surface area contributed by atoms with Gasteiger partial charge in [-0.2, -0.15) is 0 Å². The van der Waals surface area contributed by atoms with E-state index in [0.717, 1.165) is 27.5 Å². The van der Waals surface area contributed by atoms with E-state index in [1.807, 2.05) is 35.7 Å². The van der Waals surface area contributed by atoms with Gasteiger partial charge >= 0.3 is 0 Å². The van der Waals surface area contributed by atoms with Gasteiger partial charge in [0.2, 0.25) is 0 Å². The van der Waals surface area contributed by atoms with Crippen molar-refractivity contribution in [3.63, 3.8) is 0 Å². The number of thiophene rings is 1. The number of aromatic amines is 1. The molecule has 3 rings (SSSR count). The highest BCUT2D eigenvalue weighted by atomic mass is 32.1. The van der Waals surface area contributed by atoms with Crippen molar-refractivity contribution in [3.05, 3.63) is 35.7 Å². The number of hydrogen-bond acceptors (Lipinski definition) is 3. The van der Waals surface area contributed by atoms with E-state index in [1.54, 1.807) is 18.4 Å². The van der Waals surface area contributed by atoms with Crippen LogP contribution in [0, 0.1) is 0 Å². The Bertz CT molecular complexity index is 594. The van der Waals surface area contributed by atoms with Gasteiger partial charge in [-0.1, -0.05) is 12.1 Å². The molecule has 0 aliphatic heterocycles. The van der Waals surface area contributed by atoms with E-state index in [9.17, 15) is 0 Å². The highest BCUT2D eigenvalue weighted by Crippen LogP contribution is 2.30. The van der Waals surface area contributed by atoms with Crippen LogP contribution in [0.25, 0.3) is 21.7 Å².